The molecule has 0 spiro atoms. The van der Waals surface area contributed by atoms with E-state index in [0.29, 0.717) is 12.2 Å². The summed E-state index contributed by atoms with van der Waals surface area (Å²) in [4.78, 5) is 27.2. The predicted molar refractivity (Wildman–Crippen MR) is 135 cm³/mol. The molecule has 0 aromatic heterocycles. The Morgan fingerprint density at radius 3 is 2.38 bits per heavy atom. The second-order valence-electron chi connectivity index (χ2n) is 10.7. The number of para-hydroxylation sites is 1. The minimum Gasteiger partial charge on any atom is -0.407 e. The van der Waals surface area contributed by atoms with E-state index in [1.54, 1.807) is 12.1 Å². The topological polar surface area (TPSA) is 62.2 Å². The molecule has 6 nitrogen and oxygen atoms in total. The average Bonchev–Trinajstić information content (AvgIpc) is 3.10. The van der Waals surface area contributed by atoms with Gasteiger partial charge in [0.05, 0.1) is 5.69 Å². The zero-order valence-corrected chi connectivity index (χ0v) is 20.5. The van der Waals surface area contributed by atoms with Gasteiger partial charge in [-0.05, 0) is 77.1 Å². The molecule has 176 valence electrons. The van der Waals surface area contributed by atoms with Crippen molar-refractivity contribution in [2.75, 3.05) is 23.0 Å². The number of benzene rings is 2. The molecule has 5 rings (SSSR count). The van der Waals surface area contributed by atoms with Crippen LogP contribution in [-0.2, 0) is 25.2 Å². The van der Waals surface area contributed by atoms with Crippen LogP contribution < -0.4 is 9.91 Å². The summed E-state index contributed by atoms with van der Waals surface area (Å²) in [6, 6.07) is 11.4. The third-order valence-corrected chi connectivity index (χ3v) is 7.64. The van der Waals surface area contributed by atoms with Crippen LogP contribution in [0.15, 0.2) is 47.1 Å². The predicted octanol–water partition coefficient (Wildman–Crippen LogP) is 5.08. The van der Waals surface area contributed by atoms with Crippen molar-refractivity contribution >= 4 is 35.7 Å². The van der Waals surface area contributed by atoms with Crippen molar-refractivity contribution in [3.8, 4) is 0 Å². The van der Waals surface area contributed by atoms with Crippen molar-refractivity contribution in [2.24, 2.45) is 5.10 Å². The van der Waals surface area contributed by atoms with E-state index in [0.717, 1.165) is 37.1 Å². The van der Waals surface area contributed by atoms with Gasteiger partial charge < -0.3 is 9.64 Å². The third-order valence-electron chi connectivity index (χ3n) is 7.64. The Balaban J connectivity index is 1.69. The number of carbonyl (C=O) groups excluding carboxylic acids is 2. The van der Waals surface area contributed by atoms with Gasteiger partial charge in [-0.3, -0.25) is 9.59 Å². The van der Waals surface area contributed by atoms with E-state index in [1.165, 1.54) is 21.8 Å². The van der Waals surface area contributed by atoms with E-state index < -0.39 is 0 Å². The zero-order valence-electron chi connectivity index (χ0n) is 20.5. The van der Waals surface area contributed by atoms with Gasteiger partial charge in [-0.25, -0.2) is 0 Å². The molecule has 0 unspecified atom stereocenters. The van der Waals surface area contributed by atoms with E-state index in [4.69, 9.17) is 4.74 Å². The monoisotopic (exact) mass is 457 g/mol. The number of ether oxygens (including phenoxy) is 1. The number of hydrogen-bond acceptors (Lipinski definition) is 5. The van der Waals surface area contributed by atoms with Crippen LogP contribution in [0.1, 0.15) is 62.8 Å². The number of hydrogen-bond donors (Lipinski definition) is 0. The highest BCUT2D eigenvalue weighted by molar-refractivity contribution is 6.31. The lowest BCUT2D eigenvalue weighted by atomic mass is 9.67. The molecule has 0 radical (unpaired) electrons. The molecular weight excluding hydrogens is 426 g/mol. The average molecular weight is 458 g/mol. The Morgan fingerprint density at radius 2 is 1.71 bits per heavy atom. The first kappa shape index (κ1) is 22.4. The summed E-state index contributed by atoms with van der Waals surface area (Å²) in [5, 5.41) is 5.61. The first-order valence-electron chi connectivity index (χ1n) is 11.9. The normalized spacial score (nSPS) is 21.4. The molecular formula is C28H31N3O3. The summed E-state index contributed by atoms with van der Waals surface area (Å²) in [5.41, 5.74) is 7.14. The molecule has 2 aromatic rings. The molecule has 2 aromatic carbocycles. The van der Waals surface area contributed by atoms with Gasteiger partial charge in [-0.15, -0.1) is 5.10 Å². The molecule has 0 atom stereocenters. The van der Waals surface area contributed by atoms with Gasteiger partial charge in [-0.2, -0.15) is 5.01 Å². The van der Waals surface area contributed by atoms with Crippen LogP contribution in [0.5, 0.6) is 0 Å². The Bertz CT molecular complexity index is 1240. The smallest absolute Gasteiger partial charge is 0.299 e. The number of nitrogens with zero attached hydrogens (tertiary/aromatic N) is 3. The largest absolute Gasteiger partial charge is 0.407 e. The minimum absolute atomic E-state index is 0.0229. The van der Waals surface area contributed by atoms with Gasteiger partial charge in [0.15, 0.2) is 0 Å². The standard InChI is InChI=1S/C28H31N3O3/c1-18-19(15-21-25(34-17-32)29-31(26(21)33)20-9-7-6-8-10-20)16-22-24-23(18)28(4,5)12-14-30(24)13-11-27(22,2)3/h6-10,15-17H,11-14H2,1-5H3/b21-15-. The molecule has 0 saturated heterocycles. The van der Waals surface area contributed by atoms with Gasteiger partial charge in [0.1, 0.15) is 5.57 Å². The van der Waals surface area contributed by atoms with Crippen LogP contribution in [0.2, 0.25) is 0 Å². The molecule has 0 aliphatic carbocycles. The van der Waals surface area contributed by atoms with Crippen molar-refractivity contribution in [3.05, 3.63) is 64.2 Å². The first-order chi connectivity index (χ1) is 16.1. The van der Waals surface area contributed by atoms with Gasteiger partial charge >= 0.3 is 0 Å². The van der Waals surface area contributed by atoms with Gasteiger partial charge in [0.2, 0.25) is 0 Å². The SMILES string of the molecule is Cc1c(/C=C2\C(=O)N(c3ccccc3)N=C2OC=O)cc2c3c1C(C)(C)CCN3CCC2(C)C. The van der Waals surface area contributed by atoms with Crippen LogP contribution in [0, 0.1) is 6.92 Å². The van der Waals surface area contributed by atoms with Crippen LogP contribution in [0.25, 0.3) is 6.08 Å². The highest BCUT2D eigenvalue weighted by Crippen LogP contribution is 2.51. The summed E-state index contributed by atoms with van der Waals surface area (Å²) in [6.45, 7) is 13.8. The minimum atomic E-state index is -0.311. The third kappa shape index (κ3) is 3.44. The van der Waals surface area contributed by atoms with Crippen LogP contribution in [-0.4, -0.2) is 31.4 Å². The maximum atomic E-state index is 13.4. The lowest BCUT2D eigenvalue weighted by Gasteiger charge is -2.49. The lowest BCUT2D eigenvalue weighted by molar-refractivity contribution is -0.121. The van der Waals surface area contributed by atoms with E-state index in [2.05, 4.69) is 50.7 Å². The highest BCUT2D eigenvalue weighted by atomic mass is 16.5. The van der Waals surface area contributed by atoms with Crippen LogP contribution >= 0.6 is 0 Å². The van der Waals surface area contributed by atoms with Crippen molar-refractivity contribution in [3.63, 3.8) is 0 Å². The second-order valence-corrected chi connectivity index (χ2v) is 10.7. The molecule has 0 N–H and O–H groups in total. The molecule has 3 aliphatic heterocycles. The molecule has 3 heterocycles. The number of anilines is 2. The zero-order chi connectivity index (χ0) is 24.3. The first-order valence-corrected chi connectivity index (χ1v) is 11.9. The molecule has 6 heteroatoms. The van der Waals surface area contributed by atoms with Gasteiger partial charge in [0, 0.05) is 18.8 Å². The fourth-order valence-electron chi connectivity index (χ4n) is 5.59. The van der Waals surface area contributed by atoms with E-state index in [9.17, 15) is 9.59 Å². The summed E-state index contributed by atoms with van der Waals surface area (Å²) >= 11 is 0. The quantitative estimate of drug-likeness (QED) is 0.476. The summed E-state index contributed by atoms with van der Waals surface area (Å²) < 4.78 is 5.16. The van der Waals surface area contributed by atoms with Crippen molar-refractivity contribution in [1.82, 2.24) is 0 Å². The maximum absolute atomic E-state index is 13.4. The van der Waals surface area contributed by atoms with Crippen LogP contribution in [0.4, 0.5) is 11.4 Å². The molecule has 1 amide bonds. The molecule has 0 fully saturated rings. The fraction of sp³-hybridized carbons (Fsp3) is 0.393. The fourth-order valence-corrected chi connectivity index (χ4v) is 5.59. The molecule has 0 saturated carbocycles. The summed E-state index contributed by atoms with van der Waals surface area (Å²) in [5.74, 6) is -0.288. The lowest BCUT2D eigenvalue weighted by Crippen LogP contribution is -2.45. The second kappa shape index (κ2) is 7.83. The van der Waals surface area contributed by atoms with E-state index in [-0.39, 0.29) is 28.2 Å². The van der Waals surface area contributed by atoms with E-state index in [1.807, 2.05) is 24.3 Å². The van der Waals surface area contributed by atoms with Crippen molar-refractivity contribution < 1.29 is 14.3 Å². The number of carbonyl (C=O) groups is 2. The number of hydrazone groups is 1. The maximum Gasteiger partial charge on any atom is 0.299 e. The molecule has 3 aliphatic rings. The Morgan fingerprint density at radius 1 is 1.03 bits per heavy atom. The highest BCUT2D eigenvalue weighted by Gasteiger charge is 2.41. The van der Waals surface area contributed by atoms with Crippen molar-refractivity contribution in [2.45, 2.75) is 58.3 Å². The Hall–Kier alpha value is -3.41. The van der Waals surface area contributed by atoms with Crippen LogP contribution in [0.3, 0.4) is 0 Å². The Kier molecular flexibility index (Phi) is 5.15. The number of amides is 1. The summed E-state index contributed by atoms with van der Waals surface area (Å²) in [6.07, 6.45) is 4.02. The number of rotatable bonds is 3. The Labute approximate surface area is 200 Å². The summed E-state index contributed by atoms with van der Waals surface area (Å²) in [7, 11) is 0. The van der Waals surface area contributed by atoms with Crippen molar-refractivity contribution in [1.29, 1.82) is 0 Å². The van der Waals surface area contributed by atoms with Gasteiger partial charge in [0.25, 0.3) is 18.3 Å². The van der Waals surface area contributed by atoms with E-state index >= 15 is 0 Å². The molecule has 0 bridgehead atoms. The molecule has 34 heavy (non-hydrogen) atoms. The van der Waals surface area contributed by atoms with Gasteiger partial charge in [-0.1, -0.05) is 45.9 Å².